The molecule has 0 amide bonds. The van der Waals surface area contributed by atoms with E-state index in [4.69, 9.17) is 21.3 Å². The van der Waals surface area contributed by atoms with E-state index in [1.807, 2.05) is 13.0 Å². The maximum absolute atomic E-state index is 6.24. The van der Waals surface area contributed by atoms with Crippen molar-refractivity contribution >= 4 is 11.6 Å². The number of halogens is 1. The van der Waals surface area contributed by atoms with Crippen LogP contribution in [-0.4, -0.2) is 16.6 Å². The van der Waals surface area contributed by atoms with Gasteiger partial charge in [-0.1, -0.05) is 38.3 Å². The highest BCUT2D eigenvalue weighted by Crippen LogP contribution is 2.36. The predicted octanol–water partition coefficient (Wildman–Crippen LogP) is 4.84. The molecule has 0 saturated heterocycles. The van der Waals surface area contributed by atoms with Gasteiger partial charge in [-0.25, -0.2) is 9.97 Å². The van der Waals surface area contributed by atoms with Gasteiger partial charge >= 0.3 is 0 Å². The van der Waals surface area contributed by atoms with E-state index in [1.54, 1.807) is 0 Å². The Morgan fingerprint density at radius 2 is 1.85 bits per heavy atom. The summed E-state index contributed by atoms with van der Waals surface area (Å²) in [5, 5.41) is 0.544. The van der Waals surface area contributed by atoms with Crippen molar-refractivity contribution in [3.63, 3.8) is 0 Å². The van der Waals surface area contributed by atoms with E-state index in [1.165, 1.54) is 25.7 Å². The van der Waals surface area contributed by atoms with E-state index in [9.17, 15) is 0 Å². The number of hydrogen-bond donors (Lipinski definition) is 0. The minimum Gasteiger partial charge on any atom is -0.367 e. The zero-order chi connectivity index (χ0) is 14.6. The summed E-state index contributed by atoms with van der Waals surface area (Å²) in [5.41, 5.74) is 0.705. The molecular formula is C16H25ClN2O. The van der Waals surface area contributed by atoms with Crippen molar-refractivity contribution in [3.05, 3.63) is 22.7 Å². The average molecular weight is 297 g/mol. The Hall–Kier alpha value is -0.670. The summed E-state index contributed by atoms with van der Waals surface area (Å²) in [6, 6.07) is 1.93. The summed E-state index contributed by atoms with van der Waals surface area (Å²) in [6.45, 7) is 6.93. The lowest BCUT2D eigenvalue weighted by molar-refractivity contribution is -0.0573. The van der Waals surface area contributed by atoms with E-state index in [0.29, 0.717) is 17.7 Å². The molecule has 0 spiro atoms. The first kappa shape index (κ1) is 15.7. The summed E-state index contributed by atoms with van der Waals surface area (Å²) in [4.78, 5) is 9.30. The standard InChI is InChI=1S/C16H25ClN2O/c1-4-16(5-2,20-6-3)15-18-13(11-14(17)19-15)12-9-7-8-10-12/h11-12H,4-10H2,1-3H3. The number of rotatable bonds is 6. The van der Waals surface area contributed by atoms with E-state index < -0.39 is 5.60 Å². The van der Waals surface area contributed by atoms with Crippen molar-refractivity contribution in [1.29, 1.82) is 0 Å². The van der Waals surface area contributed by atoms with Crippen LogP contribution in [0.3, 0.4) is 0 Å². The molecular weight excluding hydrogens is 272 g/mol. The molecule has 1 saturated carbocycles. The fraction of sp³-hybridized carbons (Fsp3) is 0.750. The van der Waals surface area contributed by atoms with Crippen LogP contribution in [0.4, 0.5) is 0 Å². The highest BCUT2D eigenvalue weighted by atomic mass is 35.5. The Morgan fingerprint density at radius 1 is 1.20 bits per heavy atom. The van der Waals surface area contributed by atoms with Gasteiger partial charge in [0.15, 0.2) is 5.82 Å². The molecule has 0 atom stereocenters. The van der Waals surface area contributed by atoms with Gasteiger partial charge in [-0.05, 0) is 38.7 Å². The lowest BCUT2D eigenvalue weighted by Gasteiger charge is -2.30. The van der Waals surface area contributed by atoms with Gasteiger partial charge in [0.25, 0.3) is 0 Å². The van der Waals surface area contributed by atoms with Gasteiger partial charge in [0.05, 0.1) is 0 Å². The van der Waals surface area contributed by atoms with Crippen LogP contribution >= 0.6 is 11.6 Å². The molecule has 1 aliphatic rings. The summed E-state index contributed by atoms with van der Waals surface area (Å²) >= 11 is 6.24. The van der Waals surface area contributed by atoms with Crippen LogP contribution in [-0.2, 0) is 10.3 Å². The van der Waals surface area contributed by atoms with E-state index in [0.717, 1.165) is 24.4 Å². The van der Waals surface area contributed by atoms with Gasteiger partial charge in [0.1, 0.15) is 10.8 Å². The van der Waals surface area contributed by atoms with Gasteiger partial charge in [0.2, 0.25) is 0 Å². The van der Waals surface area contributed by atoms with Crippen LogP contribution < -0.4 is 0 Å². The second-order valence-electron chi connectivity index (χ2n) is 5.55. The molecule has 1 fully saturated rings. The molecule has 0 aliphatic heterocycles. The molecule has 20 heavy (non-hydrogen) atoms. The van der Waals surface area contributed by atoms with Crippen molar-refractivity contribution in [1.82, 2.24) is 9.97 Å². The molecule has 112 valence electrons. The van der Waals surface area contributed by atoms with Crippen molar-refractivity contribution < 1.29 is 4.74 Å². The Bertz CT molecular complexity index is 440. The summed E-state index contributed by atoms with van der Waals surface area (Å²) < 4.78 is 6.00. The third-order valence-electron chi connectivity index (χ3n) is 4.46. The normalized spacial score (nSPS) is 16.8. The second kappa shape index (κ2) is 6.86. The summed E-state index contributed by atoms with van der Waals surface area (Å²) in [6.07, 6.45) is 6.74. The molecule has 2 rings (SSSR count). The highest BCUT2D eigenvalue weighted by Gasteiger charge is 2.33. The summed E-state index contributed by atoms with van der Waals surface area (Å²) in [5.74, 6) is 1.31. The summed E-state index contributed by atoms with van der Waals surface area (Å²) in [7, 11) is 0. The minimum atomic E-state index is -0.396. The quantitative estimate of drug-likeness (QED) is 0.705. The lowest BCUT2D eigenvalue weighted by Crippen LogP contribution is -2.31. The highest BCUT2D eigenvalue weighted by molar-refractivity contribution is 6.29. The van der Waals surface area contributed by atoms with Gasteiger partial charge in [-0.2, -0.15) is 0 Å². The first-order valence-corrected chi connectivity index (χ1v) is 8.22. The minimum absolute atomic E-state index is 0.396. The van der Waals surface area contributed by atoms with Gasteiger partial charge in [0, 0.05) is 18.2 Å². The molecule has 0 bridgehead atoms. The zero-order valence-electron chi connectivity index (χ0n) is 12.8. The molecule has 0 radical (unpaired) electrons. The van der Waals surface area contributed by atoms with E-state index in [2.05, 4.69) is 18.8 Å². The maximum atomic E-state index is 6.24. The molecule has 1 aromatic rings. The van der Waals surface area contributed by atoms with Crippen LogP contribution in [0.15, 0.2) is 6.07 Å². The fourth-order valence-electron chi connectivity index (χ4n) is 3.18. The lowest BCUT2D eigenvalue weighted by atomic mass is 9.95. The molecule has 0 unspecified atom stereocenters. The van der Waals surface area contributed by atoms with Crippen LogP contribution in [0.1, 0.15) is 76.7 Å². The zero-order valence-corrected chi connectivity index (χ0v) is 13.5. The average Bonchev–Trinajstić information content (AvgIpc) is 2.98. The Balaban J connectivity index is 2.38. The molecule has 0 N–H and O–H groups in total. The molecule has 0 aromatic carbocycles. The van der Waals surface area contributed by atoms with Crippen LogP contribution in [0, 0.1) is 0 Å². The largest absolute Gasteiger partial charge is 0.367 e. The fourth-order valence-corrected chi connectivity index (χ4v) is 3.37. The Labute approximate surface area is 127 Å². The molecule has 3 nitrogen and oxygen atoms in total. The van der Waals surface area contributed by atoms with Gasteiger partial charge in [-0.3, -0.25) is 0 Å². The van der Waals surface area contributed by atoms with Crippen LogP contribution in [0.5, 0.6) is 0 Å². The van der Waals surface area contributed by atoms with E-state index in [-0.39, 0.29) is 0 Å². The van der Waals surface area contributed by atoms with Crippen LogP contribution in [0.2, 0.25) is 5.15 Å². The number of aromatic nitrogens is 2. The Kier molecular flexibility index (Phi) is 5.39. The van der Waals surface area contributed by atoms with Gasteiger partial charge in [-0.15, -0.1) is 0 Å². The number of ether oxygens (including phenoxy) is 1. The topological polar surface area (TPSA) is 35.0 Å². The predicted molar refractivity (Wildman–Crippen MR) is 82.1 cm³/mol. The maximum Gasteiger partial charge on any atom is 0.162 e. The van der Waals surface area contributed by atoms with Gasteiger partial charge < -0.3 is 4.74 Å². The molecule has 1 heterocycles. The van der Waals surface area contributed by atoms with Crippen LogP contribution in [0.25, 0.3) is 0 Å². The van der Waals surface area contributed by atoms with Crippen molar-refractivity contribution in [2.75, 3.05) is 6.61 Å². The first-order valence-electron chi connectivity index (χ1n) is 7.84. The van der Waals surface area contributed by atoms with Crippen molar-refractivity contribution in [2.24, 2.45) is 0 Å². The monoisotopic (exact) mass is 296 g/mol. The van der Waals surface area contributed by atoms with Crippen molar-refractivity contribution in [3.8, 4) is 0 Å². The first-order chi connectivity index (χ1) is 9.65. The van der Waals surface area contributed by atoms with E-state index >= 15 is 0 Å². The third kappa shape index (κ3) is 3.15. The second-order valence-corrected chi connectivity index (χ2v) is 5.94. The SMILES string of the molecule is CCOC(CC)(CC)c1nc(Cl)cc(C2CCCC2)n1. The number of hydrogen-bond acceptors (Lipinski definition) is 3. The third-order valence-corrected chi connectivity index (χ3v) is 4.65. The smallest absolute Gasteiger partial charge is 0.162 e. The Morgan fingerprint density at radius 3 is 2.40 bits per heavy atom. The number of nitrogens with zero attached hydrogens (tertiary/aromatic N) is 2. The molecule has 4 heteroatoms. The molecule has 1 aromatic heterocycles. The molecule has 1 aliphatic carbocycles. The van der Waals surface area contributed by atoms with Crippen molar-refractivity contribution in [2.45, 2.75) is 70.8 Å².